The van der Waals surface area contributed by atoms with E-state index in [1.165, 1.54) is 6.33 Å². The molecular formula is C17H12ClN5O. The summed E-state index contributed by atoms with van der Waals surface area (Å²) in [5, 5.41) is 5.40. The topological polar surface area (TPSA) is 65.1 Å². The molecule has 0 aliphatic heterocycles. The number of benzene rings is 1. The van der Waals surface area contributed by atoms with Crippen molar-refractivity contribution in [3.63, 3.8) is 0 Å². The number of fused-ring (bicyclic) bond motifs is 2. The molecule has 0 bridgehead atoms. The van der Waals surface area contributed by atoms with Gasteiger partial charge in [-0.2, -0.15) is 14.6 Å². The number of rotatable bonds is 2. The van der Waals surface area contributed by atoms with Gasteiger partial charge in [0.2, 0.25) is 0 Å². The van der Waals surface area contributed by atoms with Crippen molar-refractivity contribution in [3.05, 3.63) is 58.2 Å². The Kier molecular flexibility index (Phi) is 2.78. The van der Waals surface area contributed by atoms with Crippen molar-refractivity contribution in [2.45, 2.75) is 18.9 Å². The van der Waals surface area contributed by atoms with Crippen molar-refractivity contribution in [1.82, 2.24) is 24.1 Å². The number of aromatic nitrogens is 5. The summed E-state index contributed by atoms with van der Waals surface area (Å²) in [7, 11) is 0. The Bertz CT molecular complexity index is 1160. The average molecular weight is 338 g/mol. The molecule has 0 spiro atoms. The molecule has 1 aliphatic rings. The minimum Gasteiger partial charge on any atom is -0.312 e. The van der Waals surface area contributed by atoms with Gasteiger partial charge in [-0.25, -0.2) is 4.98 Å². The molecule has 7 heteroatoms. The Morgan fingerprint density at radius 2 is 2.08 bits per heavy atom. The van der Waals surface area contributed by atoms with Crippen LogP contribution in [0, 0.1) is 0 Å². The highest BCUT2D eigenvalue weighted by Crippen LogP contribution is 2.34. The zero-order valence-electron chi connectivity index (χ0n) is 12.6. The zero-order valence-corrected chi connectivity index (χ0v) is 13.3. The van der Waals surface area contributed by atoms with Gasteiger partial charge >= 0.3 is 0 Å². The van der Waals surface area contributed by atoms with Gasteiger partial charge < -0.3 is 4.57 Å². The molecule has 1 fully saturated rings. The molecule has 4 aromatic rings. The van der Waals surface area contributed by atoms with E-state index in [4.69, 9.17) is 11.6 Å². The van der Waals surface area contributed by atoms with Crippen LogP contribution in [0.1, 0.15) is 18.9 Å². The maximum Gasteiger partial charge on any atom is 0.262 e. The first kappa shape index (κ1) is 13.7. The summed E-state index contributed by atoms with van der Waals surface area (Å²) in [5.41, 5.74) is 2.06. The summed E-state index contributed by atoms with van der Waals surface area (Å²) < 4.78 is 3.40. The molecule has 0 atom stereocenters. The SMILES string of the molecule is O=c1c2c(-c3cccc(Cl)c3)n3ncnc3nc2ccn1C1CC1. The maximum absolute atomic E-state index is 13.1. The number of nitrogens with zero attached hydrogens (tertiary/aromatic N) is 5. The van der Waals surface area contributed by atoms with Gasteiger partial charge in [-0.3, -0.25) is 4.79 Å². The van der Waals surface area contributed by atoms with Crippen molar-refractivity contribution in [3.8, 4) is 11.3 Å². The van der Waals surface area contributed by atoms with Crippen LogP contribution in [-0.4, -0.2) is 24.1 Å². The van der Waals surface area contributed by atoms with Gasteiger partial charge in [0.15, 0.2) is 0 Å². The lowest BCUT2D eigenvalue weighted by molar-refractivity contribution is 0.713. The van der Waals surface area contributed by atoms with E-state index in [1.807, 2.05) is 30.5 Å². The number of hydrogen-bond donors (Lipinski definition) is 0. The Balaban J connectivity index is 1.98. The normalized spacial score (nSPS) is 14.5. The minimum absolute atomic E-state index is 0.0464. The van der Waals surface area contributed by atoms with Crippen LogP contribution in [0.25, 0.3) is 27.9 Å². The Morgan fingerprint density at radius 1 is 1.21 bits per heavy atom. The number of halogens is 1. The van der Waals surface area contributed by atoms with Gasteiger partial charge in [0, 0.05) is 22.8 Å². The summed E-state index contributed by atoms with van der Waals surface area (Å²) in [6.45, 7) is 0. The number of hydrogen-bond acceptors (Lipinski definition) is 4. The van der Waals surface area contributed by atoms with E-state index in [1.54, 1.807) is 15.1 Å². The molecular weight excluding hydrogens is 326 g/mol. The van der Waals surface area contributed by atoms with Crippen LogP contribution >= 0.6 is 11.6 Å². The van der Waals surface area contributed by atoms with Crippen molar-refractivity contribution in [2.24, 2.45) is 0 Å². The van der Waals surface area contributed by atoms with Crippen LogP contribution in [0.5, 0.6) is 0 Å². The van der Waals surface area contributed by atoms with Crippen LogP contribution < -0.4 is 5.56 Å². The quantitative estimate of drug-likeness (QED) is 0.564. The lowest BCUT2D eigenvalue weighted by Gasteiger charge is -2.11. The van der Waals surface area contributed by atoms with Crippen LogP contribution in [0.3, 0.4) is 0 Å². The van der Waals surface area contributed by atoms with E-state index in [0.29, 0.717) is 33.4 Å². The van der Waals surface area contributed by atoms with E-state index < -0.39 is 0 Å². The van der Waals surface area contributed by atoms with Gasteiger partial charge in [0.05, 0.1) is 16.6 Å². The van der Waals surface area contributed by atoms with E-state index in [-0.39, 0.29) is 5.56 Å². The van der Waals surface area contributed by atoms with Crippen molar-refractivity contribution < 1.29 is 0 Å². The standard InChI is InChI=1S/C17H12ClN5O/c18-11-3-1-2-10(8-11)15-14-13(21-17-19-9-20-23(15)17)6-7-22(16(14)24)12-4-5-12/h1-3,6-9,12H,4-5H2. The highest BCUT2D eigenvalue weighted by Gasteiger charge is 2.26. The molecule has 5 rings (SSSR count). The molecule has 0 N–H and O–H groups in total. The van der Waals surface area contributed by atoms with E-state index >= 15 is 0 Å². The summed E-state index contributed by atoms with van der Waals surface area (Å²) in [6, 6.07) is 9.56. The number of pyridine rings is 1. The van der Waals surface area contributed by atoms with E-state index in [2.05, 4.69) is 15.1 Å². The van der Waals surface area contributed by atoms with Crippen LogP contribution in [-0.2, 0) is 0 Å². The highest BCUT2D eigenvalue weighted by atomic mass is 35.5. The summed E-state index contributed by atoms with van der Waals surface area (Å²) in [4.78, 5) is 21.7. The Labute approximate surface area is 141 Å². The summed E-state index contributed by atoms with van der Waals surface area (Å²) in [6.07, 6.45) is 5.34. The summed E-state index contributed by atoms with van der Waals surface area (Å²) in [5.74, 6) is 0.459. The first-order chi connectivity index (χ1) is 11.7. The fraction of sp³-hybridized carbons (Fsp3) is 0.176. The van der Waals surface area contributed by atoms with Gasteiger partial charge in [-0.1, -0.05) is 23.7 Å². The average Bonchev–Trinajstić information content (AvgIpc) is 3.31. The lowest BCUT2D eigenvalue weighted by Crippen LogP contribution is -2.20. The molecule has 1 aliphatic carbocycles. The maximum atomic E-state index is 13.1. The predicted octanol–water partition coefficient (Wildman–Crippen LogP) is 3.09. The van der Waals surface area contributed by atoms with Crippen LogP contribution in [0.4, 0.5) is 0 Å². The molecule has 3 aromatic heterocycles. The third kappa shape index (κ3) is 1.96. The third-order valence-electron chi connectivity index (χ3n) is 4.33. The molecule has 1 aromatic carbocycles. The second kappa shape index (κ2) is 4.88. The van der Waals surface area contributed by atoms with Gasteiger partial charge in [-0.15, -0.1) is 0 Å². The molecule has 0 unspecified atom stereocenters. The highest BCUT2D eigenvalue weighted by molar-refractivity contribution is 6.30. The molecule has 24 heavy (non-hydrogen) atoms. The first-order valence-electron chi connectivity index (χ1n) is 7.73. The molecule has 0 radical (unpaired) electrons. The first-order valence-corrected chi connectivity index (χ1v) is 8.11. The molecule has 118 valence electrons. The Hall–Kier alpha value is -2.73. The van der Waals surface area contributed by atoms with E-state index in [9.17, 15) is 4.79 Å². The third-order valence-corrected chi connectivity index (χ3v) is 4.57. The van der Waals surface area contributed by atoms with Crippen molar-refractivity contribution in [1.29, 1.82) is 0 Å². The predicted molar refractivity (Wildman–Crippen MR) is 91.3 cm³/mol. The summed E-state index contributed by atoms with van der Waals surface area (Å²) >= 11 is 6.16. The second-order valence-electron chi connectivity index (χ2n) is 5.96. The molecule has 1 saturated carbocycles. The molecule has 3 heterocycles. The monoisotopic (exact) mass is 337 g/mol. The largest absolute Gasteiger partial charge is 0.312 e. The van der Waals surface area contributed by atoms with Gasteiger partial charge in [0.25, 0.3) is 11.3 Å². The fourth-order valence-corrected chi connectivity index (χ4v) is 3.27. The Morgan fingerprint density at radius 3 is 2.88 bits per heavy atom. The van der Waals surface area contributed by atoms with Crippen molar-refractivity contribution in [2.75, 3.05) is 0 Å². The minimum atomic E-state index is -0.0464. The smallest absolute Gasteiger partial charge is 0.262 e. The fourth-order valence-electron chi connectivity index (χ4n) is 3.08. The van der Waals surface area contributed by atoms with Gasteiger partial charge in [-0.05, 0) is 31.0 Å². The van der Waals surface area contributed by atoms with E-state index in [0.717, 1.165) is 18.4 Å². The lowest BCUT2D eigenvalue weighted by atomic mass is 10.1. The van der Waals surface area contributed by atoms with Crippen LogP contribution in [0.15, 0.2) is 47.7 Å². The second-order valence-corrected chi connectivity index (χ2v) is 6.40. The molecule has 6 nitrogen and oxygen atoms in total. The molecule has 0 saturated heterocycles. The van der Waals surface area contributed by atoms with Crippen molar-refractivity contribution >= 4 is 28.3 Å². The van der Waals surface area contributed by atoms with Gasteiger partial charge in [0.1, 0.15) is 6.33 Å². The molecule has 0 amide bonds. The zero-order chi connectivity index (χ0) is 16.3. The van der Waals surface area contributed by atoms with Crippen LogP contribution in [0.2, 0.25) is 5.02 Å².